The number of rotatable bonds is 3. The van der Waals surface area contributed by atoms with Crippen LogP contribution in [0.5, 0.6) is 0 Å². The molecule has 1 aromatic heterocycles. The van der Waals surface area contributed by atoms with Crippen molar-refractivity contribution >= 4 is 29.2 Å². The molecular formula is C17H15ClN2O2. The molecule has 1 fully saturated rings. The fourth-order valence-electron chi connectivity index (χ4n) is 2.62. The fourth-order valence-corrected chi connectivity index (χ4v) is 2.77. The monoisotopic (exact) mass is 314 g/mol. The number of hydrogen-bond acceptors (Lipinski definition) is 3. The maximum atomic E-state index is 12.5. The number of pyridine rings is 1. The van der Waals surface area contributed by atoms with Crippen LogP contribution in [-0.4, -0.2) is 16.8 Å². The lowest BCUT2D eigenvalue weighted by molar-refractivity contribution is -0.122. The number of nitrogens with zero attached hydrogens (tertiary/aromatic N) is 2. The standard InChI is InChI=1S/C17H15ClN2O2/c1-11-2-4-12(5-3-11)8-13-9-16(21)20(17(13)22)15-10-14(18)6-7-19-15/h2-7,10,13H,8-9H2,1H3/t13-/m1/s1. The Hall–Kier alpha value is -2.20. The number of amides is 2. The Bertz CT molecular complexity index is 728. The zero-order chi connectivity index (χ0) is 15.7. The van der Waals surface area contributed by atoms with E-state index in [4.69, 9.17) is 11.6 Å². The minimum atomic E-state index is -0.337. The Balaban J connectivity index is 1.81. The summed E-state index contributed by atoms with van der Waals surface area (Å²) in [6.45, 7) is 2.01. The highest BCUT2D eigenvalue weighted by Crippen LogP contribution is 2.28. The number of hydrogen-bond donors (Lipinski definition) is 0. The molecule has 1 aliphatic rings. The molecule has 0 unspecified atom stereocenters. The highest BCUT2D eigenvalue weighted by molar-refractivity contribution is 6.31. The summed E-state index contributed by atoms with van der Waals surface area (Å²) in [7, 11) is 0. The van der Waals surface area contributed by atoms with Gasteiger partial charge in [-0.15, -0.1) is 0 Å². The van der Waals surface area contributed by atoms with Gasteiger partial charge in [-0.3, -0.25) is 9.59 Å². The lowest BCUT2D eigenvalue weighted by Crippen LogP contribution is -2.31. The molecule has 3 rings (SSSR count). The number of aryl methyl sites for hydroxylation is 1. The molecule has 0 bridgehead atoms. The zero-order valence-corrected chi connectivity index (χ0v) is 12.9. The molecule has 0 aliphatic carbocycles. The molecular weight excluding hydrogens is 300 g/mol. The molecule has 22 heavy (non-hydrogen) atoms. The first-order valence-corrected chi connectivity index (χ1v) is 7.46. The van der Waals surface area contributed by atoms with Gasteiger partial charge in [-0.05, 0) is 25.0 Å². The van der Waals surface area contributed by atoms with Crippen molar-refractivity contribution in [2.45, 2.75) is 19.8 Å². The van der Waals surface area contributed by atoms with Gasteiger partial charge < -0.3 is 0 Å². The van der Waals surface area contributed by atoms with Crippen LogP contribution in [0, 0.1) is 12.8 Å². The SMILES string of the molecule is Cc1ccc(C[C@@H]2CC(=O)N(c3cc(Cl)ccn3)C2=O)cc1. The topological polar surface area (TPSA) is 50.3 Å². The predicted molar refractivity (Wildman–Crippen MR) is 84.7 cm³/mol. The number of aromatic nitrogens is 1. The number of carbonyl (C=O) groups is 2. The molecule has 0 spiro atoms. The first kappa shape index (κ1) is 14.7. The van der Waals surface area contributed by atoms with E-state index in [1.54, 1.807) is 6.07 Å². The van der Waals surface area contributed by atoms with Crippen molar-refractivity contribution < 1.29 is 9.59 Å². The molecule has 1 atom stereocenters. The van der Waals surface area contributed by atoms with Gasteiger partial charge in [0.1, 0.15) is 5.82 Å². The van der Waals surface area contributed by atoms with Gasteiger partial charge in [0, 0.05) is 23.7 Å². The summed E-state index contributed by atoms with van der Waals surface area (Å²) in [6, 6.07) is 11.1. The summed E-state index contributed by atoms with van der Waals surface area (Å²) >= 11 is 5.91. The summed E-state index contributed by atoms with van der Waals surface area (Å²) < 4.78 is 0. The minimum absolute atomic E-state index is 0.208. The minimum Gasteiger partial charge on any atom is -0.274 e. The van der Waals surface area contributed by atoms with Crippen molar-refractivity contribution in [2.75, 3.05) is 4.90 Å². The molecule has 2 amide bonds. The van der Waals surface area contributed by atoms with Crippen LogP contribution >= 0.6 is 11.6 Å². The lowest BCUT2D eigenvalue weighted by atomic mass is 9.97. The van der Waals surface area contributed by atoms with Crippen LogP contribution in [0.25, 0.3) is 0 Å². The number of imide groups is 1. The van der Waals surface area contributed by atoms with Crippen LogP contribution < -0.4 is 4.90 Å². The largest absolute Gasteiger partial charge is 0.274 e. The van der Waals surface area contributed by atoms with E-state index in [0.717, 1.165) is 10.5 Å². The summed E-state index contributed by atoms with van der Waals surface area (Å²) in [6.07, 6.45) is 2.26. The molecule has 5 heteroatoms. The van der Waals surface area contributed by atoms with Gasteiger partial charge in [0.25, 0.3) is 0 Å². The van der Waals surface area contributed by atoms with Gasteiger partial charge in [-0.25, -0.2) is 9.88 Å². The molecule has 0 N–H and O–H groups in total. The van der Waals surface area contributed by atoms with Gasteiger partial charge in [0.15, 0.2) is 0 Å². The van der Waals surface area contributed by atoms with Crippen LogP contribution in [0.1, 0.15) is 17.5 Å². The average molecular weight is 315 g/mol. The van der Waals surface area contributed by atoms with Crippen LogP contribution in [0.2, 0.25) is 5.02 Å². The van der Waals surface area contributed by atoms with Crippen molar-refractivity contribution in [3.63, 3.8) is 0 Å². The summed E-state index contributed by atoms with van der Waals surface area (Å²) in [5.74, 6) is -0.470. The van der Waals surface area contributed by atoms with Gasteiger partial charge in [-0.2, -0.15) is 0 Å². The third kappa shape index (κ3) is 2.88. The van der Waals surface area contributed by atoms with E-state index in [-0.39, 0.29) is 24.2 Å². The molecule has 1 saturated heterocycles. The number of anilines is 1. The van der Waals surface area contributed by atoms with E-state index in [0.29, 0.717) is 17.3 Å². The van der Waals surface area contributed by atoms with Crippen molar-refractivity contribution in [3.8, 4) is 0 Å². The number of carbonyl (C=O) groups excluding carboxylic acids is 2. The van der Waals surface area contributed by atoms with E-state index in [1.165, 1.54) is 17.8 Å². The van der Waals surface area contributed by atoms with E-state index >= 15 is 0 Å². The lowest BCUT2D eigenvalue weighted by Gasteiger charge is -2.14. The Morgan fingerprint density at radius 2 is 1.95 bits per heavy atom. The van der Waals surface area contributed by atoms with Crippen LogP contribution in [0.3, 0.4) is 0 Å². The van der Waals surface area contributed by atoms with Crippen molar-refractivity contribution in [1.29, 1.82) is 0 Å². The maximum absolute atomic E-state index is 12.5. The summed E-state index contributed by atoms with van der Waals surface area (Å²) in [5.41, 5.74) is 2.22. The highest BCUT2D eigenvalue weighted by atomic mass is 35.5. The second kappa shape index (κ2) is 5.89. The van der Waals surface area contributed by atoms with Crippen molar-refractivity contribution in [3.05, 3.63) is 58.7 Å². The smallest absolute Gasteiger partial charge is 0.238 e. The van der Waals surface area contributed by atoms with E-state index in [2.05, 4.69) is 4.98 Å². The van der Waals surface area contributed by atoms with E-state index < -0.39 is 0 Å². The third-order valence-electron chi connectivity index (χ3n) is 3.78. The fraction of sp³-hybridized carbons (Fsp3) is 0.235. The molecule has 0 saturated carbocycles. The van der Waals surface area contributed by atoms with E-state index in [1.807, 2.05) is 31.2 Å². The second-order valence-electron chi connectivity index (χ2n) is 5.49. The molecule has 112 valence electrons. The first-order valence-electron chi connectivity index (χ1n) is 7.08. The Kier molecular flexibility index (Phi) is 3.94. The van der Waals surface area contributed by atoms with Gasteiger partial charge in [0.05, 0.1) is 5.92 Å². The maximum Gasteiger partial charge on any atom is 0.238 e. The van der Waals surface area contributed by atoms with Gasteiger partial charge >= 0.3 is 0 Å². The molecule has 4 nitrogen and oxygen atoms in total. The van der Waals surface area contributed by atoms with Crippen molar-refractivity contribution in [1.82, 2.24) is 4.98 Å². The molecule has 0 radical (unpaired) electrons. The van der Waals surface area contributed by atoms with Crippen molar-refractivity contribution in [2.24, 2.45) is 5.92 Å². The third-order valence-corrected chi connectivity index (χ3v) is 4.01. The van der Waals surface area contributed by atoms with Crippen LogP contribution in [0.15, 0.2) is 42.6 Å². The Morgan fingerprint density at radius 1 is 1.23 bits per heavy atom. The summed E-state index contributed by atoms with van der Waals surface area (Å²) in [4.78, 5) is 29.9. The molecule has 1 aromatic carbocycles. The second-order valence-corrected chi connectivity index (χ2v) is 5.93. The average Bonchev–Trinajstić information content (AvgIpc) is 2.76. The Morgan fingerprint density at radius 3 is 2.64 bits per heavy atom. The first-order chi connectivity index (χ1) is 10.5. The molecule has 1 aliphatic heterocycles. The normalized spacial score (nSPS) is 18.1. The van der Waals surface area contributed by atoms with Crippen LogP contribution in [-0.2, 0) is 16.0 Å². The van der Waals surface area contributed by atoms with Gasteiger partial charge in [0.2, 0.25) is 11.8 Å². The molecule has 2 aromatic rings. The summed E-state index contributed by atoms with van der Waals surface area (Å²) in [5, 5.41) is 0.451. The van der Waals surface area contributed by atoms with Crippen LogP contribution in [0.4, 0.5) is 5.82 Å². The number of benzene rings is 1. The predicted octanol–water partition coefficient (Wildman–Crippen LogP) is 3.17. The number of halogens is 1. The zero-order valence-electron chi connectivity index (χ0n) is 12.1. The van der Waals surface area contributed by atoms with E-state index in [9.17, 15) is 9.59 Å². The van der Waals surface area contributed by atoms with Gasteiger partial charge in [-0.1, -0.05) is 41.4 Å². The highest BCUT2D eigenvalue weighted by Gasteiger charge is 2.40. The Labute approximate surface area is 133 Å². The molecule has 2 heterocycles. The quantitative estimate of drug-likeness (QED) is 0.818.